The molecule has 1 N–H and O–H groups in total. The minimum Gasteiger partial charge on any atom is -0.356 e. The number of amides is 3. The molecule has 0 aromatic heterocycles. The van der Waals surface area contributed by atoms with Gasteiger partial charge in [0.15, 0.2) is 0 Å². The van der Waals surface area contributed by atoms with Crippen molar-refractivity contribution in [2.75, 3.05) is 18.0 Å². The van der Waals surface area contributed by atoms with E-state index in [1.54, 1.807) is 21.9 Å². The van der Waals surface area contributed by atoms with Crippen LogP contribution >= 0.6 is 0 Å². The van der Waals surface area contributed by atoms with E-state index in [9.17, 15) is 14.4 Å². The number of hydrogen-bond acceptors (Lipinski definition) is 3. The summed E-state index contributed by atoms with van der Waals surface area (Å²) in [4.78, 5) is 41.1. The predicted molar refractivity (Wildman–Crippen MR) is 99.8 cm³/mol. The van der Waals surface area contributed by atoms with Gasteiger partial charge in [-0.25, -0.2) is 0 Å². The number of carbonyl (C=O) groups is 3. The van der Waals surface area contributed by atoms with Crippen molar-refractivity contribution in [1.82, 2.24) is 10.2 Å². The summed E-state index contributed by atoms with van der Waals surface area (Å²) in [5, 5.41) is 2.91. The summed E-state index contributed by atoms with van der Waals surface area (Å²) in [6.45, 7) is 5.03. The summed E-state index contributed by atoms with van der Waals surface area (Å²) in [7, 11) is 0. The van der Waals surface area contributed by atoms with E-state index in [1.165, 1.54) is 0 Å². The number of hydrogen-bond donors (Lipinski definition) is 1. The summed E-state index contributed by atoms with van der Waals surface area (Å²) in [6.07, 6.45) is 4.42. The van der Waals surface area contributed by atoms with E-state index in [4.69, 9.17) is 0 Å². The minimum atomic E-state index is -0.689. The monoisotopic (exact) mass is 357 g/mol. The number of rotatable bonds is 7. The predicted octanol–water partition coefficient (Wildman–Crippen LogP) is 2.68. The highest BCUT2D eigenvalue weighted by Crippen LogP contribution is 2.43. The maximum absolute atomic E-state index is 13.0. The van der Waals surface area contributed by atoms with E-state index < -0.39 is 5.66 Å². The molecule has 2 aliphatic heterocycles. The Balaban J connectivity index is 1.74. The third-order valence-electron chi connectivity index (χ3n) is 5.41. The van der Waals surface area contributed by atoms with E-state index in [0.717, 1.165) is 19.3 Å². The number of nitrogens with zero attached hydrogens (tertiary/aromatic N) is 2. The van der Waals surface area contributed by atoms with Gasteiger partial charge in [0.25, 0.3) is 5.91 Å². The summed E-state index contributed by atoms with van der Waals surface area (Å²) < 4.78 is 0. The molecule has 1 atom stereocenters. The van der Waals surface area contributed by atoms with E-state index >= 15 is 0 Å². The lowest BCUT2D eigenvalue weighted by atomic mass is 9.98. The van der Waals surface area contributed by atoms with Gasteiger partial charge in [-0.2, -0.15) is 0 Å². The number of anilines is 1. The third kappa shape index (κ3) is 3.20. The largest absolute Gasteiger partial charge is 0.356 e. The molecule has 1 aromatic carbocycles. The molecule has 26 heavy (non-hydrogen) atoms. The van der Waals surface area contributed by atoms with Gasteiger partial charge in [-0.3, -0.25) is 19.3 Å². The van der Waals surface area contributed by atoms with Crippen molar-refractivity contribution in [2.24, 2.45) is 0 Å². The van der Waals surface area contributed by atoms with Gasteiger partial charge in [-0.05, 0) is 31.9 Å². The maximum Gasteiger partial charge on any atom is 0.257 e. The molecule has 1 fully saturated rings. The lowest BCUT2D eigenvalue weighted by Gasteiger charge is -2.48. The van der Waals surface area contributed by atoms with Crippen molar-refractivity contribution in [3.8, 4) is 0 Å². The van der Waals surface area contributed by atoms with Crippen molar-refractivity contribution >= 4 is 23.4 Å². The van der Waals surface area contributed by atoms with E-state index in [1.807, 2.05) is 19.1 Å². The molecule has 1 unspecified atom stereocenters. The summed E-state index contributed by atoms with van der Waals surface area (Å²) in [5.41, 5.74) is 0.525. The second-order valence-corrected chi connectivity index (χ2v) is 7.23. The molecule has 1 aromatic rings. The molecule has 0 bridgehead atoms. The first kappa shape index (κ1) is 18.4. The number of carbonyl (C=O) groups excluding carboxylic acids is 3. The second kappa shape index (κ2) is 7.48. The number of fused-ring (bicyclic) bond motifs is 3. The Bertz CT molecular complexity index is 718. The molecule has 3 rings (SSSR count). The van der Waals surface area contributed by atoms with Crippen LogP contribution in [0.25, 0.3) is 0 Å². The first-order valence-corrected chi connectivity index (χ1v) is 9.50. The zero-order chi connectivity index (χ0) is 18.7. The van der Waals surface area contributed by atoms with E-state index in [-0.39, 0.29) is 24.1 Å². The molecule has 2 heterocycles. The van der Waals surface area contributed by atoms with Crippen molar-refractivity contribution in [2.45, 2.75) is 58.0 Å². The van der Waals surface area contributed by atoms with Crippen LogP contribution in [0, 0.1) is 0 Å². The molecule has 0 aliphatic carbocycles. The van der Waals surface area contributed by atoms with E-state index in [2.05, 4.69) is 12.2 Å². The molecule has 6 heteroatoms. The highest BCUT2D eigenvalue weighted by atomic mass is 16.2. The van der Waals surface area contributed by atoms with Crippen LogP contribution in [-0.4, -0.2) is 41.4 Å². The van der Waals surface area contributed by atoms with Gasteiger partial charge in [0.1, 0.15) is 5.66 Å². The number of nitrogens with one attached hydrogen (secondary N) is 1. The van der Waals surface area contributed by atoms with Crippen LogP contribution in [0.4, 0.5) is 5.69 Å². The fourth-order valence-electron chi connectivity index (χ4n) is 3.95. The lowest BCUT2D eigenvalue weighted by molar-refractivity contribution is -0.121. The van der Waals surface area contributed by atoms with Crippen molar-refractivity contribution in [1.29, 1.82) is 0 Å². The molecule has 140 valence electrons. The highest BCUT2D eigenvalue weighted by molar-refractivity contribution is 6.10. The highest BCUT2D eigenvalue weighted by Gasteiger charge is 2.52. The molecular formula is C20H27N3O3. The summed E-state index contributed by atoms with van der Waals surface area (Å²) in [6, 6.07) is 7.23. The topological polar surface area (TPSA) is 69.7 Å². The molecule has 0 spiro atoms. The number of unbranched alkanes of at least 4 members (excludes halogenated alkanes) is 2. The van der Waals surface area contributed by atoms with E-state index in [0.29, 0.717) is 37.2 Å². The standard InChI is InChI=1S/C20H27N3O3/c1-3-4-7-13-21-17(24)11-14-22-19(26)15-8-5-6-9-16(15)23-18(25)10-12-20(22,23)2/h5-6,8-9H,3-4,7,10-14H2,1-2H3,(H,21,24). The molecule has 1 saturated heterocycles. The molecule has 3 amide bonds. The number of benzene rings is 1. The van der Waals surface area contributed by atoms with Gasteiger partial charge < -0.3 is 10.2 Å². The smallest absolute Gasteiger partial charge is 0.257 e. The zero-order valence-electron chi connectivity index (χ0n) is 15.6. The normalized spacial score (nSPS) is 21.6. The van der Waals surface area contributed by atoms with Crippen molar-refractivity contribution in [3.63, 3.8) is 0 Å². The van der Waals surface area contributed by atoms with Crippen LogP contribution in [-0.2, 0) is 9.59 Å². The second-order valence-electron chi connectivity index (χ2n) is 7.23. The zero-order valence-corrected chi connectivity index (χ0v) is 15.6. The molecule has 2 aliphatic rings. The van der Waals surface area contributed by atoms with Crippen molar-refractivity contribution in [3.05, 3.63) is 29.8 Å². The molecule has 6 nitrogen and oxygen atoms in total. The first-order valence-electron chi connectivity index (χ1n) is 9.50. The molecule has 0 radical (unpaired) electrons. The summed E-state index contributed by atoms with van der Waals surface area (Å²) in [5.74, 6) is -0.124. The van der Waals surface area contributed by atoms with Crippen LogP contribution in [0.1, 0.15) is 62.7 Å². The minimum absolute atomic E-state index is 0.0291. The van der Waals surface area contributed by atoms with Gasteiger partial charge in [-0.1, -0.05) is 31.9 Å². The van der Waals surface area contributed by atoms with Crippen LogP contribution in [0.3, 0.4) is 0 Å². The Morgan fingerprint density at radius 3 is 2.77 bits per heavy atom. The Hall–Kier alpha value is -2.37. The van der Waals surface area contributed by atoms with Crippen LogP contribution in [0.2, 0.25) is 0 Å². The molecular weight excluding hydrogens is 330 g/mol. The van der Waals surface area contributed by atoms with Crippen LogP contribution < -0.4 is 10.2 Å². The summed E-state index contributed by atoms with van der Waals surface area (Å²) >= 11 is 0. The van der Waals surface area contributed by atoms with Gasteiger partial charge in [0.05, 0.1) is 11.3 Å². The van der Waals surface area contributed by atoms with Gasteiger partial charge in [-0.15, -0.1) is 0 Å². The van der Waals surface area contributed by atoms with Gasteiger partial charge in [0, 0.05) is 25.9 Å². The maximum atomic E-state index is 13.0. The van der Waals surface area contributed by atoms with Gasteiger partial charge >= 0.3 is 0 Å². The Labute approximate surface area is 154 Å². The molecule has 0 saturated carbocycles. The quantitative estimate of drug-likeness (QED) is 0.763. The first-order chi connectivity index (χ1) is 12.5. The lowest BCUT2D eigenvalue weighted by Crippen LogP contribution is -2.62. The van der Waals surface area contributed by atoms with Crippen LogP contribution in [0.15, 0.2) is 24.3 Å². The SMILES string of the molecule is CCCCCNC(=O)CCN1C(=O)c2ccccc2N2C(=O)CCC12C. The van der Waals surface area contributed by atoms with Gasteiger partial charge in [0.2, 0.25) is 11.8 Å². The average molecular weight is 357 g/mol. The average Bonchev–Trinajstić information content (AvgIpc) is 2.94. The Kier molecular flexibility index (Phi) is 5.30. The Morgan fingerprint density at radius 1 is 1.23 bits per heavy atom. The van der Waals surface area contributed by atoms with Crippen molar-refractivity contribution < 1.29 is 14.4 Å². The fourth-order valence-corrected chi connectivity index (χ4v) is 3.95. The van der Waals surface area contributed by atoms with Crippen LogP contribution in [0.5, 0.6) is 0 Å². The fraction of sp³-hybridized carbons (Fsp3) is 0.550. The third-order valence-corrected chi connectivity index (χ3v) is 5.41. The Morgan fingerprint density at radius 2 is 2.00 bits per heavy atom. The number of para-hydroxylation sites is 1.